The van der Waals surface area contributed by atoms with Crippen molar-refractivity contribution in [2.45, 2.75) is 6.42 Å². The molecule has 0 radical (unpaired) electrons. The Morgan fingerprint density at radius 1 is 0.704 bits per heavy atom. The molecule has 2 rings (SSSR count). The summed E-state index contributed by atoms with van der Waals surface area (Å²) in [5.41, 5.74) is 1.10. The minimum Gasteiger partial charge on any atom is -0.294 e. The molecule has 0 N–H and O–H groups in total. The van der Waals surface area contributed by atoms with Gasteiger partial charge in [0.05, 0.1) is 16.3 Å². The average Bonchev–Trinajstić information content (AvgIpc) is 2.65. The highest BCUT2D eigenvalue weighted by molar-refractivity contribution is 6.10. The molecule has 8 heteroatoms. The molecular formula is C19H14N2O6. The molecule has 0 spiro atoms. The van der Waals surface area contributed by atoms with Crippen LogP contribution in [-0.4, -0.2) is 21.4 Å². The molecule has 0 aliphatic heterocycles. The number of hydrogen-bond acceptors (Lipinski definition) is 6. The van der Waals surface area contributed by atoms with Crippen molar-refractivity contribution >= 4 is 35.1 Å². The van der Waals surface area contributed by atoms with Gasteiger partial charge < -0.3 is 0 Å². The Hall–Kier alpha value is -3.94. The third-order valence-corrected chi connectivity index (χ3v) is 3.48. The van der Waals surface area contributed by atoms with Gasteiger partial charge in [0.2, 0.25) is 0 Å². The Balaban J connectivity index is 1.89. The molecule has 0 fully saturated rings. The maximum absolute atomic E-state index is 11.8. The summed E-state index contributed by atoms with van der Waals surface area (Å²) in [6.45, 7) is 0. The number of nitro groups is 2. The van der Waals surface area contributed by atoms with Crippen LogP contribution < -0.4 is 0 Å². The number of ketones is 2. The van der Waals surface area contributed by atoms with Crippen LogP contribution in [-0.2, 0) is 9.59 Å². The van der Waals surface area contributed by atoms with Gasteiger partial charge in [-0.25, -0.2) is 0 Å². The SMILES string of the molecule is O=C(C=Cc1ccc([N+](=O)[O-])cc1)CC(=O)C=Cc1ccc([N+](=O)[O-])cc1. The van der Waals surface area contributed by atoms with E-state index >= 15 is 0 Å². The van der Waals surface area contributed by atoms with Gasteiger partial charge in [-0.3, -0.25) is 29.8 Å². The highest BCUT2D eigenvalue weighted by Gasteiger charge is 2.06. The van der Waals surface area contributed by atoms with Crippen LogP contribution >= 0.6 is 0 Å². The van der Waals surface area contributed by atoms with Crippen molar-refractivity contribution in [2.24, 2.45) is 0 Å². The summed E-state index contributed by atoms with van der Waals surface area (Å²) < 4.78 is 0. The minimum atomic E-state index is -0.519. The molecule has 0 amide bonds. The number of nitro benzene ring substituents is 2. The molecule has 2 aromatic carbocycles. The van der Waals surface area contributed by atoms with Gasteiger partial charge in [0.1, 0.15) is 0 Å². The van der Waals surface area contributed by atoms with E-state index in [1.165, 1.54) is 72.8 Å². The van der Waals surface area contributed by atoms with Gasteiger partial charge in [-0.2, -0.15) is 0 Å². The molecule has 0 aliphatic rings. The van der Waals surface area contributed by atoms with Gasteiger partial charge in [0, 0.05) is 24.3 Å². The van der Waals surface area contributed by atoms with Crippen LogP contribution in [0.4, 0.5) is 11.4 Å². The van der Waals surface area contributed by atoms with Crippen molar-refractivity contribution in [3.8, 4) is 0 Å². The predicted molar refractivity (Wildman–Crippen MR) is 98.9 cm³/mol. The number of allylic oxidation sites excluding steroid dienone is 2. The van der Waals surface area contributed by atoms with E-state index in [1.807, 2.05) is 0 Å². The maximum Gasteiger partial charge on any atom is 0.269 e. The molecule has 0 bridgehead atoms. The minimum absolute atomic E-state index is 0.0509. The summed E-state index contributed by atoms with van der Waals surface area (Å²) in [7, 11) is 0. The van der Waals surface area contributed by atoms with Crippen molar-refractivity contribution in [3.63, 3.8) is 0 Å². The predicted octanol–water partition coefficient (Wildman–Crippen LogP) is 3.76. The maximum atomic E-state index is 11.8. The largest absolute Gasteiger partial charge is 0.294 e. The highest BCUT2D eigenvalue weighted by atomic mass is 16.6. The monoisotopic (exact) mass is 366 g/mol. The molecule has 0 heterocycles. The summed E-state index contributed by atoms with van der Waals surface area (Å²) in [4.78, 5) is 43.7. The fourth-order valence-corrected chi connectivity index (χ4v) is 2.08. The zero-order chi connectivity index (χ0) is 19.8. The van der Waals surface area contributed by atoms with Gasteiger partial charge in [0.25, 0.3) is 11.4 Å². The van der Waals surface area contributed by atoms with E-state index in [0.717, 1.165) is 0 Å². The van der Waals surface area contributed by atoms with Crippen LogP contribution in [0.2, 0.25) is 0 Å². The Bertz CT molecular complexity index is 850. The summed E-state index contributed by atoms with van der Waals surface area (Å²) in [5.74, 6) is -0.821. The first-order chi connectivity index (χ1) is 12.8. The van der Waals surface area contributed by atoms with Crippen molar-refractivity contribution in [1.82, 2.24) is 0 Å². The molecule has 0 saturated carbocycles. The molecule has 2 aromatic rings. The van der Waals surface area contributed by atoms with Crippen molar-refractivity contribution in [2.75, 3.05) is 0 Å². The van der Waals surface area contributed by atoms with Crippen molar-refractivity contribution in [3.05, 3.63) is 92.0 Å². The molecule has 0 atom stereocenters. The van der Waals surface area contributed by atoms with E-state index in [0.29, 0.717) is 11.1 Å². The van der Waals surface area contributed by atoms with E-state index in [9.17, 15) is 29.8 Å². The summed E-state index contributed by atoms with van der Waals surface area (Å²) >= 11 is 0. The number of benzene rings is 2. The molecule has 136 valence electrons. The van der Waals surface area contributed by atoms with Gasteiger partial charge in [-0.15, -0.1) is 0 Å². The molecular weight excluding hydrogens is 352 g/mol. The average molecular weight is 366 g/mol. The quantitative estimate of drug-likeness (QED) is 0.303. The second-order valence-corrected chi connectivity index (χ2v) is 5.47. The van der Waals surface area contributed by atoms with Gasteiger partial charge in [-0.05, 0) is 47.5 Å². The number of non-ortho nitro benzene ring substituents is 2. The summed E-state index contributed by atoms with van der Waals surface area (Å²) in [6, 6.07) is 11.3. The lowest BCUT2D eigenvalue weighted by Gasteiger charge is -1.95. The van der Waals surface area contributed by atoms with E-state index in [4.69, 9.17) is 0 Å². The van der Waals surface area contributed by atoms with Gasteiger partial charge in [0.15, 0.2) is 11.6 Å². The van der Waals surface area contributed by atoms with Crippen molar-refractivity contribution in [1.29, 1.82) is 0 Å². The second kappa shape index (κ2) is 8.95. The zero-order valence-electron chi connectivity index (χ0n) is 14.0. The van der Waals surface area contributed by atoms with E-state index < -0.39 is 21.4 Å². The third-order valence-electron chi connectivity index (χ3n) is 3.48. The van der Waals surface area contributed by atoms with Crippen LogP contribution in [0.15, 0.2) is 60.7 Å². The van der Waals surface area contributed by atoms with Crippen LogP contribution in [0.3, 0.4) is 0 Å². The van der Waals surface area contributed by atoms with Crippen LogP contribution in [0.1, 0.15) is 17.5 Å². The number of nitrogens with zero attached hydrogens (tertiary/aromatic N) is 2. The molecule has 0 saturated heterocycles. The number of rotatable bonds is 8. The Morgan fingerprint density at radius 3 is 1.33 bits per heavy atom. The van der Waals surface area contributed by atoms with E-state index in [2.05, 4.69) is 0 Å². The smallest absolute Gasteiger partial charge is 0.269 e. The van der Waals surface area contributed by atoms with Gasteiger partial charge in [-0.1, -0.05) is 12.2 Å². The number of carbonyl (C=O) groups excluding carboxylic acids is 2. The van der Waals surface area contributed by atoms with Crippen LogP contribution in [0.5, 0.6) is 0 Å². The molecule has 27 heavy (non-hydrogen) atoms. The first-order valence-electron chi connectivity index (χ1n) is 7.76. The molecule has 0 aliphatic carbocycles. The lowest BCUT2D eigenvalue weighted by atomic mass is 10.1. The number of carbonyl (C=O) groups is 2. The Labute approximate surface area is 153 Å². The topological polar surface area (TPSA) is 120 Å². The van der Waals surface area contributed by atoms with Crippen LogP contribution in [0, 0.1) is 20.2 Å². The molecule has 0 aromatic heterocycles. The fourth-order valence-electron chi connectivity index (χ4n) is 2.08. The van der Waals surface area contributed by atoms with Crippen molar-refractivity contribution < 1.29 is 19.4 Å². The lowest BCUT2D eigenvalue weighted by molar-refractivity contribution is -0.385. The summed E-state index contributed by atoms with van der Waals surface area (Å²) in [6.07, 6.45) is 5.09. The Kier molecular flexibility index (Phi) is 6.43. The first-order valence-corrected chi connectivity index (χ1v) is 7.76. The third kappa shape index (κ3) is 6.13. The second-order valence-electron chi connectivity index (χ2n) is 5.47. The fraction of sp³-hybridized carbons (Fsp3) is 0.0526. The summed E-state index contributed by atoms with van der Waals surface area (Å²) in [5, 5.41) is 21.1. The van der Waals surface area contributed by atoms with Gasteiger partial charge >= 0.3 is 0 Å². The Morgan fingerprint density at radius 2 is 1.04 bits per heavy atom. The first kappa shape index (κ1) is 19.4. The van der Waals surface area contributed by atoms with E-state index in [-0.39, 0.29) is 17.8 Å². The zero-order valence-corrected chi connectivity index (χ0v) is 14.0. The number of hydrogen-bond donors (Lipinski definition) is 0. The van der Waals surface area contributed by atoms with E-state index in [1.54, 1.807) is 0 Å². The molecule has 8 nitrogen and oxygen atoms in total. The highest BCUT2D eigenvalue weighted by Crippen LogP contribution is 2.14. The normalized spacial score (nSPS) is 11.0. The molecule has 0 unspecified atom stereocenters. The lowest BCUT2D eigenvalue weighted by Crippen LogP contribution is -2.01. The van der Waals surface area contributed by atoms with Crippen LogP contribution in [0.25, 0.3) is 12.2 Å². The standard InChI is InChI=1S/C19H14N2O6/c22-18(11-5-14-1-7-16(8-2-14)20(24)25)13-19(23)12-6-15-3-9-17(10-4-15)21(26)27/h1-12H,13H2.